The fourth-order valence-corrected chi connectivity index (χ4v) is 11.8. The van der Waals surface area contributed by atoms with Gasteiger partial charge in [-0.25, -0.2) is 8.78 Å². The highest BCUT2D eigenvalue weighted by atomic mass is 32.2. The van der Waals surface area contributed by atoms with E-state index in [2.05, 4.69) is 57.7 Å². The molecule has 0 amide bonds. The number of thioether (sulfide) groups is 2. The monoisotopic (exact) mass is 828 g/mol. The van der Waals surface area contributed by atoms with Crippen molar-refractivity contribution in [1.29, 1.82) is 0 Å². The molecule has 0 bridgehead atoms. The number of pyridine rings is 1. The lowest BCUT2D eigenvalue weighted by Gasteiger charge is -2.11. The first kappa shape index (κ1) is 39.5. The number of rotatable bonds is 8. The Balaban J connectivity index is 1.48. The number of halogens is 2. The van der Waals surface area contributed by atoms with Crippen LogP contribution in [0, 0.1) is 11.6 Å². The number of hydrogen-bond donors (Lipinski definition) is 0. The van der Waals surface area contributed by atoms with Crippen molar-refractivity contribution >= 4 is 91.8 Å². The number of hydrogen-bond acceptors (Lipinski definition) is 7. The van der Waals surface area contributed by atoms with Crippen molar-refractivity contribution in [2.45, 2.75) is 64.0 Å². The van der Waals surface area contributed by atoms with Crippen LogP contribution in [0.1, 0.15) is 40.3 Å². The molecule has 0 radical (unpaired) electrons. The van der Waals surface area contributed by atoms with E-state index < -0.39 is 0 Å². The number of anilines is 2. The maximum absolute atomic E-state index is 14.8. The smallest absolute Gasteiger partial charge is 0.337 e. The Morgan fingerprint density at radius 3 is 2.34 bits per heavy atom. The molecule has 0 saturated carbocycles. The van der Waals surface area contributed by atoms with Gasteiger partial charge in [0.2, 0.25) is 11.4 Å². The van der Waals surface area contributed by atoms with Crippen molar-refractivity contribution in [1.82, 2.24) is 13.8 Å². The Labute approximate surface area is 340 Å². The summed E-state index contributed by atoms with van der Waals surface area (Å²) in [6.07, 6.45) is 12.2. The van der Waals surface area contributed by atoms with Gasteiger partial charge in [0.15, 0.2) is 17.3 Å². The Kier molecular flexibility index (Phi) is 11.8. The van der Waals surface area contributed by atoms with Gasteiger partial charge in [0.05, 0.1) is 16.3 Å². The molecule has 0 aliphatic carbocycles. The first-order chi connectivity index (χ1) is 27.1. The minimum Gasteiger partial charge on any atom is -0.337 e. The topological polar surface area (TPSA) is 54.4 Å². The lowest BCUT2D eigenvalue weighted by atomic mass is 10.3. The lowest BCUT2D eigenvalue weighted by Crippen LogP contribution is -2.39. The van der Waals surface area contributed by atoms with Crippen molar-refractivity contribution in [3.05, 3.63) is 125 Å². The van der Waals surface area contributed by atoms with Gasteiger partial charge in [-0.05, 0) is 71.0 Å². The Hall–Kier alpha value is -4.72. The molecular formula is C42H44F2N7OS4+3. The van der Waals surface area contributed by atoms with Gasteiger partial charge in [0.25, 0.3) is 5.56 Å². The van der Waals surface area contributed by atoms with Gasteiger partial charge in [0.1, 0.15) is 42.1 Å². The summed E-state index contributed by atoms with van der Waals surface area (Å²) < 4.78 is 46.1. The third-order valence-electron chi connectivity index (χ3n) is 9.66. The fourth-order valence-electron chi connectivity index (χ4n) is 6.76. The first-order valence-corrected chi connectivity index (χ1v) is 21.8. The van der Waals surface area contributed by atoms with Crippen LogP contribution < -0.4 is 48.5 Å². The van der Waals surface area contributed by atoms with Crippen LogP contribution >= 0.6 is 46.2 Å². The van der Waals surface area contributed by atoms with Gasteiger partial charge < -0.3 is 9.80 Å². The predicted octanol–water partition coefficient (Wildman–Crippen LogP) is 4.37. The van der Waals surface area contributed by atoms with E-state index in [4.69, 9.17) is 4.67 Å². The molecule has 0 fully saturated rings. The number of fused-ring (bicyclic) bond motifs is 2. The Morgan fingerprint density at radius 1 is 0.875 bits per heavy atom. The van der Waals surface area contributed by atoms with Crippen LogP contribution in [0.5, 0.6) is 0 Å². The zero-order valence-electron chi connectivity index (χ0n) is 32.4. The van der Waals surface area contributed by atoms with E-state index in [-0.39, 0.29) is 17.2 Å². The van der Waals surface area contributed by atoms with E-state index in [0.717, 1.165) is 63.6 Å². The van der Waals surface area contributed by atoms with Gasteiger partial charge >= 0.3 is 11.8 Å². The van der Waals surface area contributed by atoms with Gasteiger partial charge in [0, 0.05) is 67.1 Å². The summed E-state index contributed by atoms with van der Waals surface area (Å²) in [6.45, 7) is 12.9. The molecular weight excluding hydrogens is 785 g/mol. The Morgan fingerprint density at radius 2 is 1.62 bits per heavy atom. The maximum atomic E-state index is 14.8. The van der Waals surface area contributed by atoms with Crippen LogP contribution in [-0.2, 0) is 19.6 Å². The number of allylic oxidation sites excluding steroid dienone is 2. The number of nitrogens with zero attached hydrogens (tertiary/aromatic N) is 7. The van der Waals surface area contributed by atoms with Crippen LogP contribution in [0.4, 0.5) is 20.2 Å². The van der Waals surface area contributed by atoms with Crippen LogP contribution in [0.2, 0.25) is 0 Å². The number of benzene rings is 2. The van der Waals surface area contributed by atoms with Gasteiger partial charge in [-0.3, -0.25) is 13.9 Å². The summed E-state index contributed by atoms with van der Waals surface area (Å²) in [5.41, 5.74) is 4.36. The zero-order chi connectivity index (χ0) is 39.7. The highest BCUT2D eigenvalue weighted by Gasteiger charge is 2.29. The molecule has 2 aliphatic rings. The average Bonchev–Trinajstić information content (AvgIpc) is 3.91. The second-order valence-corrected chi connectivity index (χ2v) is 17.0. The molecule has 5 aromatic rings. The molecule has 0 spiro atoms. The highest BCUT2D eigenvalue weighted by molar-refractivity contribution is 8.09. The van der Waals surface area contributed by atoms with Crippen LogP contribution in [0.3, 0.4) is 0 Å². The summed E-state index contributed by atoms with van der Waals surface area (Å²) in [4.78, 5) is 19.3. The maximum Gasteiger partial charge on any atom is 0.524 e. The third-order valence-corrected chi connectivity index (χ3v) is 14.7. The zero-order valence-corrected chi connectivity index (χ0v) is 35.7. The summed E-state index contributed by atoms with van der Waals surface area (Å²) in [5, 5.41) is 1.71. The second-order valence-electron chi connectivity index (χ2n) is 12.9. The van der Waals surface area contributed by atoms with E-state index in [1.807, 2.05) is 81.7 Å². The quantitative estimate of drug-likeness (QED) is 0.101. The molecule has 2 aliphatic heterocycles. The highest BCUT2D eigenvalue weighted by Crippen LogP contribution is 2.47. The van der Waals surface area contributed by atoms with E-state index in [1.165, 1.54) is 35.2 Å². The minimum atomic E-state index is -0.294. The number of aryl methyl sites for hydroxylation is 1. The Bertz CT molecular complexity index is 2860. The standard InChI is InChI=1S/C42H44F2N7OS4/c1-8-16-28(24-35-51(12-5)40(52)38(55-35)42-47(7)32-19-15-18-30(44)36(32)56-42)49(10-3)26-45-39-37(41-46(6)31-21-20-27(43)23-33(31)53-41)54-34(50(39)11-4)25-29-17-13-14-22-48(29)9-2/h8,13-26H,9-12H2,1-7H3/q+3. The fraction of sp³-hybridized carbons (Fsp3) is 0.262. The summed E-state index contributed by atoms with van der Waals surface area (Å²) >= 11 is 5.94. The van der Waals surface area contributed by atoms with Crippen molar-refractivity contribution in [3.8, 4) is 0 Å². The van der Waals surface area contributed by atoms with E-state index in [0.29, 0.717) is 29.1 Å². The molecule has 0 unspecified atom stereocenters. The third kappa shape index (κ3) is 7.32. The normalized spacial score (nSPS) is 16.9. The van der Waals surface area contributed by atoms with Gasteiger partial charge in [-0.1, -0.05) is 35.7 Å². The molecule has 8 nitrogen and oxygen atoms in total. The average molecular weight is 829 g/mol. The minimum absolute atomic E-state index is 0.0996. The second kappa shape index (κ2) is 16.8. The van der Waals surface area contributed by atoms with Crippen molar-refractivity contribution < 1.29 is 17.9 Å². The molecule has 0 atom stereocenters. The van der Waals surface area contributed by atoms with Gasteiger partial charge in [-0.2, -0.15) is 4.57 Å². The van der Waals surface area contributed by atoms with E-state index in [1.54, 1.807) is 39.8 Å². The molecule has 0 saturated heterocycles. The predicted molar refractivity (Wildman–Crippen MR) is 231 cm³/mol. The SMILES string of the molecule is CC=CC(C=c1sc(=C2Sc3c(F)cccc3N2C)c(=O)n1CC)=[N+](C=[N+]=c1c(=C2Sc3cc(F)ccc3N2C)sc(=Cc2cccc[n+]2CC)n1CC)CC. The van der Waals surface area contributed by atoms with Crippen LogP contribution in [-0.4, -0.2) is 46.4 Å². The molecule has 288 valence electrons. The molecule has 7 rings (SSSR count). The number of thiazole rings is 2. The number of aromatic nitrogens is 3. The molecule has 56 heavy (non-hydrogen) atoms. The van der Waals surface area contributed by atoms with Crippen molar-refractivity contribution in [3.63, 3.8) is 0 Å². The van der Waals surface area contributed by atoms with E-state index in [9.17, 15) is 13.6 Å². The van der Waals surface area contributed by atoms with E-state index >= 15 is 0 Å². The molecule has 3 aromatic heterocycles. The lowest BCUT2D eigenvalue weighted by molar-refractivity contribution is -0.695. The van der Waals surface area contributed by atoms with Crippen LogP contribution in [0.15, 0.2) is 87.5 Å². The van der Waals surface area contributed by atoms with Crippen LogP contribution in [0.25, 0.3) is 22.2 Å². The summed E-state index contributed by atoms with van der Waals surface area (Å²) in [5.74, 6) is -0.557. The molecule has 2 aromatic carbocycles. The summed E-state index contributed by atoms with van der Waals surface area (Å²) in [6, 6.07) is 16.1. The molecule has 5 heterocycles. The summed E-state index contributed by atoms with van der Waals surface area (Å²) in [7, 11) is 3.90. The molecule has 0 N–H and O–H groups in total. The largest absolute Gasteiger partial charge is 0.524 e. The van der Waals surface area contributed by atoms with Gasteiger partial charge in [-0.15, -0.1) is 27.2 Å². The first-order valence-electron chi connectivity index (χ1n) is 18.6. The molecule has 14 heteroatoms. The van der Waals surface area contributed by atoms with Crippen molar-refractivity contribution in [2.24, 2.45) is 0 Å². The van der Waals surface area contributed by atoms with Crippen molar-refractivity contribution in [2.75, 3.05) is 30.4 Å².